The number of nitrogens with one attached hydrogen (secondary N) is 1. The molecule has 0 unspecified atom stereocenters. The molecular weight excluding hydrogens is 278 g/mol. The van der Waals surface area contributed by atoms with E-state index in [-0.39, 0.29) is 0 Å². The van der Waals surface area contributed by atoms with Gasteiger partial charge in [-0.05, 0) is 44.0 Å². The van der Waals surface area contributed by atoms with Gasteiger partial charge in [-0.1, -0.05) is 23.7 Å². The summed E-state index contributed by atoms with van der Waals surface area (Å²) in [6.07, 6.45) is 2.56. The van der Waals surface area contributed by atoms with E-state index < -0.39 is 0 Å². The van der Waals surface area contributed by atoms with Crippen molar-refractivity contribution in [2.45, 2.75) is 17.9 Å². The first-order chi connectivity index (χ1) is 9.33. The number of thioether (sulfide) groups is 1. The smallest absolute Gasteiger partial charge is 0.161 e. The monoisotopic (exact) mass is 293 g/mol. The van der Waals surface area contributed by atoms with Crippen molar-refractivity contribution >= 4 is 34.4 Å². The topological polar surface area (TPSA) is 37.8 Å². The van der Waals surface area contributed by atoms with Crippen LogP contribution in [-0.2, 0) is 0 Å². The van der Waals surface area contributed by atoms with Gasteiger partial charge >= 0.3 is 0 Å². The Bertz CT molecular complexity index is 570. The van der Waals surface area contributed by atoms with E-state index in [1.807, 2.05) is 24.3 Å². The number of nitrogens with zero attached hydrogens (tertiary/aromatic N) is 2. The number of para-hydroxylation sites is 2. The number of benzene rings is 1. The maximum atomic E-state index is 6.21. The van der Waals surface area contributed by atoms with Crippen LogP contribution in [0.2, 0.25) is 5.15 Å². The standard InChI is InChI=1S/C14H16ClN3S/c15-13-14(19-9-10-4-3-7-16-8-10)18-12-6-2-1-5-11(12)17-13/h1-2,5-6,10,16H,3-4,7-9H2/t10-/m1/s1. The molecule has 0 spiro atoms. The van der Waals surface area contributed by atoms with E-state index >= 15 is 0 Å². The Labute approximate surface area is 122 Å². The lowest BCUT2D eigenvalue weighted by atomic mass is 10.0. The number of aromatic nitrogens is 2. The predicted molar refractivity (Wildman–Crippen MR) is 80.9 cm³/mol. The second-order valence-corrected chi connectivity index (χ2v) is 6.20. The molecule has 0 amide bonds. The Kier molecular flexibility index (Phi) is 4.21. The van der Waals surface area contributed by atoms with Gasteiger partial charge in [0.2, 0.25) is 0 Å². The molecule has 100 valence electrons. The number of fused-ring (bicyclic) bond motifs is 1. The third kappa shape index (κ3) is 3.19. The van der Waals surface area contributed by atoms with Crippen LogP contribution in [0.1, 0.15) is 12.8 Å². The molecule has 3 rings (SSSR count). The van der Waals surface area contributed by atoms with Crippen molar-refractivity contribution in [2.24, 2.45) is 5.92 Å². The van der Waals surface area contributed by atoms with Gasteiger partial charge in [0.1, 0.15) is 5.03 Å². The largest absolute Gasteiger partial charge is 0.316 e. The van der Waals surface area contributed by atoms with Gasteiger partial charge in [-0.15, -0.1) is 11.8 Å². The fourth-order valence-corrected chi connectivity index (χ4v) is 3.62. The summed E-state index contributed by atoms with van der Waals surface area (Å²) in [6.45, 7) is 2.25. The summed E-state index contributed by atoms with van der Waals surface area (Å²) in [5, 5.41) is 4.81. The van der Waals surface area contributed by atoms with Crippen molar-refractivity contribution < 1.29 is 0 Å². The summed E-state index contributed by atoms with van der Waals surface area (Å²) in [5.74, 6) is 1.77. The maximum absolute atomic E-state index is 6.21. The Morgan fingerprint density at radius 1 is 1.26 bits per heavy atom. The van der Waals surface area contributed by atoms with E-state index in [0.29, 0.717) is 11.1 Å². The summed E-state index contributed by atoms with van der Waals surface area (Å²) in [6, 6.07) is 7.84. The second-order valence-electron chi connectivity index (χ2n) is 4.83. The molecule has 1 N–H and O–H groups in total. The Hall–Kier alpha value is -0.840. The first-order valence-electron chi connectivity index (χ1n) is 6.59. The Morgan fingerprint density at radius 3 is 2.79 bits per heavy atom. The number of hydrogen-bond donors (Lipinski definition) is 1. The normalized spacial score (nSPS) is 19.7. The highest BCUT2D eigenvalue weighted by Crippen LogP contribution is 2.28. The lowest BCUT2D eigenvalue weighted by molar-refractivity contribution is 0.410. The molecular formula is C14H16ClN3S. The van der Waals surface area contributed by atoms with Crippen molar-refractivity contribution in [1.82, 2.24) is 15.3 Å². The molecule has 1 atom stereocenters. The highest BCUT2D eigenvalue weighted by Gasteiger charge is 2.15. The molecule has 1 aliphatic rings. The minimum Gasteiger partial charge on any atom is -0.316 e. The summed E-state index contributed by atoms with van der Waals surface area (Å²) in [7, 11) is 0. The molecule has 1 fully saturated rings. The van der Waals surface area contributed by atoms with E-state index in [1.54, 1.807) is 11.8 Å². The fraction of sp³-hybridized carbons (Fsp3) is 0.429. The van der Waals surface area contributed by atoms with Gasteiger partial charge in [0.25, 0.3) is 0 Å². The van der Waals surface area contributed by atoms with E-state index in [9.17, 15) is 0 Å². The zero-order valence-corrected chi connectivity index (χ0v) is 12.2. The molecule has 3 nitrogen and oxygen atoms in total. The van der Waals surface area contributed by atoms with E-state index in [4.69, 9.17) is 11.6 Å². The van der Waals surface area contributed by atoms with E-state index in [1.165, 1.54) is 12.8 Å². The molecule has 0 saturated carbocycles. The molecule has 2 heterocycles. The van der Waals surface area contributed by atoms with Gasteiger partial charge in [-0.25, -0.2) is 9.97 Å². The lowest BCUT2D eigenvalue weighted by Gasteiger charge is -2.22. The van der Waals surface area contributed by atoms with Gasteiger partial charge < -0.3 is 5.32 Å². The molecule has 1 aliphatic heterocycles. The second kappa shape index (κ2) is 6.07. The average molecular weight is 294 g/mol. The molecule has 19 heavy (non-hydrogen) atoms. The van der Waals surface area contributed by atoms with Crippen LogP contribution in [0.15, 0.2) is 29.3 Å². The molecule has 0 bridgehead atoms. The molecule has 1 aromatic heterocycles. The van der Waals surface area contributed by atoms with Crippen molar-refractivity contribution in [3.8, 4) is 0 Å². The maximum Gasteiger partial charge on any atom is 0.161 e. The van der Waals surface area contributed by atoms with Gasteiger partial charge in [0.05, 0.1) is 11.0 Å². The Balaban J connectivity index is 1.74. The zero-order chi connectivity index (χ0) is 13.1. The first kappa shape index (κ1) is 13.2. The van der Waals surface area contributed by atoms with Crippen molar-refractivity contribution in [2.75, 3.05) is 18.8 Å². The zero-order valence-electron chi connectivity index (χ0n) is 10.6. The Morgan fingerprint density at radius 2 is 2.05 bits per heavy atom. The van der Waals surface area contributed by atoms with Crippen molar-refractivity contribution in [3.05, 3.63) is 29.4 Å². The molecule has 0 radical (unpaired) electrons. The number of halogens is 1. The predicted octanol–water partition coefficient (Wildman–Crippen LogP) is 3.37. The van der Waals surface area contributed by atoms with E-state index in [2.05, 4.69) is 15.3 Å². The summed E-state index contributed by atoms with van der Waals surface area (Å²) >= 11 is 7.93. The van der Waals surface area contributed by atoms with Crippen LogP contribution in [0.4, 0.5) is 0 Å². The van der Waals surface area contributed by atoms with Crippen LogP contribution >= 0.6 is 23.4 Å². The SMILES string of the molecule is Clc1nc2ccccc2nc1SC[C@@H]1CCCNC1. The number of rotatable bonds is 3. The molecule has 1 aromatic carbocycles. The molecule has 0 aliphatic carbocycles. The molecule has 2 aromatic rings. The summed E-state index contributed by atoms with van der Waals surface area (Å²) < 4.78 is 0. The average Bonchev–Trinajstić information content (AvgIpc) is 2.46. The quantitative estimate of drug-likeness (QED) is 0.881. The molecule has 5 heteroatoms. The van der Waals surface area contributed by atoms with Crippen LogP contribution in [0, 0.1) is 5.92 Å². The van der Waals surface area contributed by atoms with Crippen molar-refractivity contribution in [1.29, 1.82) is 0 Å². The van der Waals surface area contributed by atoms with Crippen LogP contribution in [-0.4, -0.2) is 28.8 Å². The van der Waals surface area contributed by atoms with Gasteiger partial charge in [-0.3, -0.25) is 0 Å². The van der Waals surface area contributed by atoms with E-state index in [0.717, 1.165) is 34.9 Å². The summed E-state index contributed by atoms with van der Waals surface area (Å²) in [5.41, 5.74) is 1.77. The third-order valence-corrected chi connectivity index (χ3v) is 4.93. The lowest BCUT2D eigenvalue weighted by Crippen LogP contribution is -2.30. The highest BCUT2D eigenvalue weighted by molar-refractivity contribution is 7.99. The van der Waals surface area contributed by atoms with Crippen LogP contribution in [0.25, 0.3) is 11.0 Å². The van der Waals surface area contributed by atoms with Crippen LogP contribution in [0.3, 0.4) is 0 Å². The minimum atomic E-state index is 0.521. The molecule has 1 saturated heterocycles. The van der Waals surface area contributed by atoms with Gasteiger partial charge in [0.15, 0.2) is 5.15 Å². The van der Waals surface area contributed by atoms with Gasteiger partial charge in [-0.2, -0.15) is 0 Å². The summed E-state index contributed by atoms with van der Waals surface area (Å²) in [4.78, 5) is 9.01. The van der Waals surface area contributed by atoms with Crippen molar-refractivity contribution in [3.63, 3.8) is 0 Å². The number of piperidine rings is 1. The van der Waals surface area contributed by atoms with Crippen LogP contribution < -0.4 is 5.32 Å². The fourth-order valence-electron chi connectivity index (χ4n) is 2.32. The number of hydrogen-bond acceptors (Lipinski definition) is 4. The van der Waals surface area contributed by atoms with Crippen LogP contribution in [0.5, 0.6) is 0 Å². The third-order valence-electron chi connectivity index (χ3n) is 3.35. The van der Waals surface area contributed by atoms with Gasteiger partial charge in [0, 0.05) is 5.75 Å². The first-order valence-corrected chi connectivity index (χ1v) is 7.95. The highest BCUT2D eigenvalue weighted by atomic mass is 35.5. The minimum absolute atomic E-state index is 0.521.